The summed E-state index contributed by atoms with van der Waals surface area (Å²) in [4.78, 5) is 17.7. The lowest BCUT2D eigenvalue weighted by molar-refractivity contribution is 0.0747. The van der Waals surface area contributed by atoms with Gasteiger partial charge in [0.05, 0.1) is 5.56 Å². The molecule has 0 radical (unpaired) electrons. The van der Waals surface area contributed by atoms with Crippen LogP contribution >= 0.6 is 0 Å². The molecule has 15 heavy (non-hydrogen) atoms. The van der Waals surface area contributed by atoms with Crippen LogP contribution in [0.1, 0.15) is 23.0 Å². The number of amides is 1. The molecule has 0 aromatic carbocycles. The number of pyridine rings is 1. The number of likely N-dealkylation sites (N-methyl/N-ethyl adjacent to an activating group) is 1. The van der Waals surface area contributed by atoms with Gasteiger partial charge in [0.1, 0.15) is 0 Å². The average molecular weight is 207 g/mol. The van der Waals surface area contributed by atoms with E-state index in [9.17, 15) is 4.79 Å². The van der Waals surface area contributed by atoms with Crippen molar-refractivity contribution in [3.05, 3.63) is 29.6 Å². The van der Waals surface area contributed by atoms with Gasteiger partial charge in [-0.2, -0.15) is 0 Å². The van der Waals surface area contributed by atoms with Gasteiger partial charge in [0.25, 0.3) is 5.91 Å². The molecule has 2 N–H and O–H groups in total. The van der Waals surface area contributed by atoms with Gasteiger partial charge < -0.3 is 10.6 Å². The third-order valence-corrected chi connectivity index (χ3v) is 2.56. The summed E-state index contributed by atoms with van der Waals surface area (Å²) in [6.45, 7) is 4.21. The first kappa shape index (κ1) is 11.7. The highest BCUT2D eigenvalue weighted by Crippen LogP contribution is 2.08. The molecule has 0 saturated carbocycles. The normalized spacial score (nSPS) is 12.3. The second-order valence-electron chi connectivity index (χ2n) is 3.64. The van der Waals surface area contributed by atoms with Crippen LogP contribution in [0.2, 0.25) is 0 Å². The molecule has 1 aromatic heterocycles. The molecular weight excluding hydrogens is 190 g/mol. The van der Waals surface area contributed by atoms with E-state index in [0.29, 0.717) is 12.1 Å². The Morgan fingerprint density at radius 2 is 2.33 bits per heavy atom. The van der Waals surface area contributed by atoms with E-state index >= 15 is 0 Å². The minimum absolute atomic E-state index is 0.0291. The highest BCUT2D eigenvalue weighted by atomic mass is 16.2. The maximum atomic E-state index is 12.0. The maximum Gasteiger partial charge on any atom is 0.255 e. The zero-order valence-electron chi connectivity index (χ0n) is 9.40. The quantitative estimate of drug-likeness (QED) is 0.798. The van der Waals surface area contributed by atoms with E-state index in [1.807, 2.05) is 13.8 Å². The van der Waals surface area contributed by atoms with Gasteiger partial charge in [-0.25, -0.2) is 0 Å². The Morgan fingerprint density at radius 3 is 2.87 bits per heavy atom. The van der Waals surface area contributed by atoms with Crippen LogP contribution in [0.15, 0.2) is 18.3 Å². The monoisotopic (exact) mass is 207 g/mol. The Labute approximate surface area is 90.1 Å². The summed E-state index contributed by atoms with van der Waals surface area (Å²) in [5.41, 5.74) is 6.91. The standard InChI is InChI=1S/C11H17N3O/c1-8(7-12)14(3)11(15)10-5-4-6-13-9(10)2/h4-6,8H,7,12H2,1-3H3. The summed E-state index contributed by atoms with van der Waals surface area (Å²) in [6, 6.07) is 3.59. The Morgan fingerprint density at radius 1 is 1.67 bits per heavy atom. The van der Waals surface area contributed by atoms with Gasteiger partial charge in [-0.15, -0.1) is 0 Å². The largest absolute Gasteiger partial charge is 0.338 e. The van der Waals surface area contributed by atoms with Crippen LogP contribution < -0.4 is 5.73 Å². The van der Waals surface area contributed by atoms with E-state index in [1.54, 1.807) is 30.3 Å². The number of carbonyl (C=O) groups excluding carboxylic acids is 1. The second-order valence-corrected chi connectivity index (χ2v) is 3.64. The predicted octanol–water partition coefficient (Wildman–Crippen LogP) is 0.809. The Bertz CT molecular complexity index is 351. The lowest BCUT2D eigenvalue weighted by Gasteiger charge is -2.24. The molecule has 1 atom stereocenters. The van der Waals surface area contributed by atoms with Crippen molar-refractivity contribution in [2.45, 2.75) is 19.9 Å². The number of nitrogens with two attached hydrogens (primary N) is 1. The molecule has 82 valence electrons. The minimum atomic E-state index is -0.0291. The fourth-order valence-electron chi connectivity index (χ4n) is 1.26. The molecule has 4 nitrogen and oxygen atoms in total. The van der Waals surface area contributed by atoms with E-state index in [-0.39, 0.29) is 11.9 Å². The number of aromatic nitrogens is 1. The molecule has 0 bridgehead atoms. The Hall–Kier alpha value is -1.42. The maximum absolute atomic E-state index is 12.0. The number of hydrogen-bond acceptors (Lipinski definition) is 3. The molecule has 0 aliphatic carbocycles. The number of nitrogens with zero attached hydrogens (tertiary/aromatic N) is 2. The second kappa shape index (κ2) is 4.89. The van der Waals surface area contributed by atoms with Crippen LogP contribution in [0.3, 0.4) is 0 Å². The van der Waals surface area contributed by atoms with Crippen molar-refractivity contribution in [1.29, 1.82) is 0 Å². The summed E-state index contributed by atoms with van der Waals surface area (Å²) in [5, 5.41) is 0. The van der Waals surface area contributed by atoms with E-state index < -0.39 is 0 Å². The minimum Gasteiger partial charge on any atom is -0.338 e. The fourth-order valence-corrected chi connectivity index (χ4v) is 1.26. The number of hydrogen-bond donors (Lipinski definition) is 1. The van der Waals surface area contributed by atoms with Crippen molar-refractivity contribution in [3.63, 3.8) is 0 Å². The molecule has 1 unspecified atom stereocenters. The Kier molecular flexibility index (Phi) is 3.80. The van der Waals surface area contributed by atoms with Crippen molar-refractivity contribution >= 4 is 5.91 Å². The zero-order chi connectivity index (χ0) is 11.4. The van der Waals surface area contributed by atoms with Gasteiger partial charge >= 0.3 is 0 Å². The first-order valence-electron chi connectivity index (χ1n) is 4.96. The Balaban J connectivity index is 2.90. The molecule has 0 spiro atoms. The summed E-state index contributed by atoms with van der Waals surface area (Å²) < 4.78 is 0. The van der Waals surface area contributed by atoms with E-state index in [0.717, 1.165) is 5.69 Å². The lowest BCUT2D eigenvalue weighted by Crippen LogP contribution is -2.40. The number of carbonyl (C=O) groups is 1. The fraction of sp³-hybridized carbons (Fsp3) is 0.455. The molecule has 1 amide bonds. The highest BCUT2D eigenvalue weighted by molar-refractivity contribution is 5.95. The molecule has 0 aliphatic rings. The third kappa shape index (κ3) is 2.53. The van der Waals surface area contributed by atoms with Crippen LogP contribution in [0.25, 0.3) is 0 Å². The van der Waals surface area contributed by atoms with Crippen molar-refractivity contribution in [2.75, 3.05) is 13.6 Å². The van der Waals surface area contributed by atoms with Crippen molar-refractivity contribution in [2.24, 2.45) is 5.73 Å². The van der Waals surface area contributed by atoms with Crippen molar-refractivity contribution < 1.29 is 4.79 Å². The number of rotatable bonds is 3. The van der Waals surface area contributed by atoms with Crippen LogP contribution in [0.4, 0.5) is 0 Å². The zero-order valence-corrected chi connectivity index (χ0v) is 9.40. The SMILES string of the molecule is Cc1ncccc1C(=O)N(C)C(C)CN. The average Bonchev–Trinajstić information content (AvgIpc) is 2.26. The molecule has 1 rings (SSSR count). The van der Waals surface area contributed by atoms with Gasteiger partial charge in [-0.3, -0.25) is 9.78 Å². The van der Waals surface area contributed by atoms with Crippen LogP contribution in [0, 0.1) is 6.92 Å². The summed E-state index contributed by atoms with van der Waals surface area (Å²) in [5.74, 6) is -0.0291. The summed E-state index contributed by atoms with van der Waals surface area (Å²) >= 11 is 0. The van der Waals surface area contributed by atoms with Gasteiger partial charge in [0, 0.05) is 31.5 Å². The van der Waals surface area contributed by atoms with Gasteiger partial charge in [-0.05, 0) is 26.0 Å². The van der Waals surface area contributed by atoms with E-state index in [2.05, 4.69) is 4.98 Å². The topological polar surface area (TPSA) is 59.2 Å². The number of aryl methyl sites for hydroxylation is 1. The van der Waals surface area contributed by atoms with Gasteiger partial charge in [0.2, 0.25) is 0 Å². The molecular formula is C11H17N3O. The van der Waals surface area contributed by atoms with Crippen molar-refractivity contribution in [3.8, 4) is 0 Å². The van der Waals surface area contributed by atoms with Gasteiger partial charge in [0.15, 0.2) is 0 Å². The smallest absolute Gasteiger partial charge is 0.255 e. The van der Waals surface area contributed by atoms with Gasteiger partial charge in [-0.1, -0.05) is 0 Å². The van der Waals surface area contributed by atoms with Crippen LogP contribution in [-0.4, -0.2) is 35.4 Å². The third-order valence-electron chi connectivity index (χ3n) is 2.56. The molecule has 4 heteroatoms. The first-order valence-corrected chi connectivity index (χ1v) is 4.96. The summed E-state index contributed by atoms with van der Waals surface area (Å²) in [7, 11) is 1.76. The van der Waals surface area contributed by atoms with Crippen LogP contribution in [-0.2, 0) is 0 Å². The lowest BCUT2D eigenvalue weighted by atomic mass is 10.1. The summed E-state index contributed by atoms with van der Waals surface area (Å²) in [6.07, 6.45) is 1.68. The van der Waals surface area contributed by atoms with Crippen molar-refractivity contribution in [1.82, 2.24) is 9.88 Å². The highest BCUT2D eigenvalue weighted by Gasteiger charge is 2.17. The molecule has 0 saturated heterocycles. The van der Waals surface area contributed by atoms with Crippen LogP contribution in [0.5, 0.6) is 0 Å². The predicted molar refractivity (Wildman–Crippen MR) is 59.6 cm³/mol. The molecule has 0 aliphatic heterocycles. The molecule has 1 aromatic rings. The first-order chi connectivity index (χ1) is 7.07. The molecule has 0 fully saturated rings. The van der Waals surface area contributed by atoms with E-state index in [1.165, 1.54) is 0 Å². The van der Waals surface area contributed by atoms with E-state index in [4.69, 9.17) is 5.73 Å². The molecule has 1 heterocycles.